The molecule has 2 aromatic heterocycles. The molecule has 23 heavy (non-hydrogen) atoms. The van der Waals surface area contributed by atoms with Crippen LogP contribution in [0.5, 0.6) is 0 Å². The summed E-state index contributed by atoms with van der Waals surface area (Å²) in [5, 5.41) is 10.2. The van der Waals surface area contributed by atoms with Crippen molar-refractivity contribution in [3.05, 3.63) is 64.5 Å². The molecule has 0 saturated carbocycles. The summed E-state index contributed by atoms with van der Waals surface area (Å²) in [6.07, 6.45) is 3.13. The summed E-state index contributed by atoms with van der Waals surface area (Å²) in [7, 11) is 0. The number of nitrogens with zero attached hydrogens (tertiary/aromatic N) is 1. The molecular formula is C17H17N3O3. The highest BCUT2D eigenvalue weighted by molar-refractivity contribution is 6.04. The molecule has 0 fully saturated rings. The first-order valence-corrected chi connectivity index (χ1v) is 7.46. The van der Waals surface area contributed by atoms with Crippen molar-refractivity contribution >= 4 is 16.7 Å². The van der Waals surface area contributed by atoms with Gasteiger partial charge in [0.25, 0.3) is 11.5 Å². The van der Waals surface area contributed by atoms with Crippen molar-refractivity contribution in [2.45, 2.75) is 25.8 Å². The molecule has 1 aromatic carbocycles. The van der Waals surface area contributed by atoms with Crippen molar-refractivity contribution < 1.29 is 9.21 Å². The number of carbonyl (C=O) groups is 1. The molecule has 6 nitrogen and oxygen atoms in total. The van der Waals surface area contributed by atoms with Crippen LogP contribution >= 0.6 is 0 Å². The number of hydrogen-bond acceptors (Lipinski definition) is 4. The Hall–Kier alpha value is -2.89. The topological polar surface area (TPSA) is 88.0 Å². The SMILES string of the molecule is C[C@@H](CCc1ccco1)NC(=O)c1n[nH]c(=O)c2ccccc12. The largest absolute Gasteiger partial charge is 0.469 e. The van der Waals surface area contributed by atoms with Crippen LogP contribution in [0, 0.1) is 0 Å². The molecule has 118 valence electrons. The smallest absolute Gasteiger partial charge is 0.272 e. The van der Waals surface area contributed by atoms with Crippen molar-refractivity contribution in [1.82, 2.24) is 15.5 Å². The van der Waals surface area contributed by atoms with Gasteiger partial charge in [-0.3, -0.25) is 9.59 Å². The maximum Gasteiger partial charge on any atom is 0.272 e. The lowest BCUT2D eigenvalue weighted by molar-refractivity contribution is 0.0934. The molecule has 1 atom stereocenters. The molecule has 0 unspecified atom stereocenters. The van der Waals surface area contributed by atoms with Gasteiger partial charge in [-0.2, -0.15) is 5.10 Å². The molecule has 0 saturated heterocycles. The summed E-state index contributed by atoms with van der Waals surface area (Å²) in [5.41, 5.74) is -0.0759. The average Bonchev–Trinajstić information content (AvgIpc) is 3.07. The zero-order chi connectivity index (χ0) is 16.2. The summed E-state index contributed by atoms with van der Waals surface area (Å²) in [5.74, 6) is 0.586. The third kappa shape index (κ3) is 3.31. The quantitative estimate of drug-likeness (QED) is 0.756. The van der Waals surface area contributed by atoms with Gasteiger partial charge in [0, 0.05) is 17.8 Å². The standard InChI is InChI=1S/C17H17N3O3/c1-11(8-9-12-5-4-10-23-12)18-17(22)15-13-6-2-3-7-14(13)16(21)20-19-15/h2-7,10-11H,8-9H2,1H3,(H,18,22)(H,20,21)/t11-/m0/s1. The van der Waals surface area contributed by atoms with Crippen LogP contribution < -0.4 is 10.9 Å². The van der Waals surface area contributed by atoms with Gasteiger partial charge in [-0.15, -0.1) is 0 Å². The molecule has 6 heteroatoms. The highest BCUT2D eigenvalue weighted by Crippen LogP contribution is 2.13. The monoisotopic (exact) mass is 311 g/mol. The Kier molecular flexibility index (Phi) is 4.23. The van der Waals surface area contributed by atoms with Gasteiger partial charge in [-0.25, -0.2) is 5.10 Å². The number of rotatable bonds is 5. The van der Waals surface area contributed by atoms with Crippen LogP contribution in [0.25, 0.3) is 10.8 Å². The number of amides is 1. The normalized spacial score (nSPS) is 12.2. The number of aromatic amines is 1. The van der Waals surface area contributed by atoms with Crippen molar-refractivity contribution in [1.29, 1.82) is 0 Å². The Morgan fingerprint density at radius 2 is 2.04 bits per heavy atom. The number of hydrogen-bond donors (Lipinski definition) is 2. The van der Waals surface area contributed by atoms with Gasteiger partial charge in [-0.1, -0.05) is 18.2 Å². The predicted molar refractivity (Wildman–Crippen MR) is 86.3 cm³/mol. The van der Waals surface area contributed by atoms with Gasteiger partial charge in [-0.05, 0) is 31.5 Å². The summed E-state index contributed by atoms with van der Waals surface area (Å²) in [6.45, 7) is 1.93. The lowest BCUT2D eigenvalue weighted by Gasteiger charge is -2.13. The Morgan fingerprint density at radius 3 is 2.78 bits per heavy atom. The van der Waals surface area contributed by atoms with E-state index in [0.29, 0.717) is 10.8 Å². The minimum absolute atomic E-state index is 0.0416. The Bertz CT molecular complexity index is 868. The zero-order valence-corrected chi connectivity index (χ0v) is 12.7. The number of nitrogens with one attached hydrogen (secondary N) is 2. The summed E-state index contributed by atoms with van der Waals surface area (Å²) >= 11 is 0. The van der Waals surface area contributed by atoms with Gasteiger partial charge >= 0.3 is 0 Å². The van der Waals surface area contributed by atoms with E-state index in [0.717, 1.165) is 18.6 Å². The van der Waals surface area contributed by atoms with Gasteiger partial charge in [0.2, 0.25) is 0 Å². The van der Waals surface area contributed by atoms with E-state index in [9.17, 15) is 9.59 Å². The fourth-order valence-electron chi connectivity index (χ4n) is 2.47. The lowest BCUT2D eigenvalue weighted by atomic mass is 10.1. The van der Waals surface area contributed by atoms with Crippen LogP contribution in [0.2, 0.25) is 0 Å². The van der Waals surface area contributed by atoms with Crippen molar-refractivity contribution in [2.75, 3.05) is 0 Å². The maximum absolute atomic E-state index is 12.4. The highest BCUT2D eigenvalue weighted by atomic mass is 16.3. The van der Waals surface area contributed by atoms with Crippen LogP contribution in [-0.2, 0) is 6.42 Å². The van der Waals surface area contributed by atoms with Crippen LogP contribution in [0.1, 0.15) is 29.6 Å². The molecule has 0 radical (unpaired) electrons. The second-order valence-electron chi connectivity index (χ2n) is 5.44. The number of carbonyl (C=O) groups excluding carboxylic acids is 1. The minimum Gasteiger partial charge on any atom is -0.469 e. The van der Waals surface area contributed by atoms with Crippen molar-refractivity contribution in [3.63, 3.8) is 0 Å². The number of aryl methyl sites for hydroxylation is 1. The molecule has 0 bridgehead atoms. The van der Waals surface area contributed by atoms with E-state index < -0.39 is 0 Å². The molecule has 1 amide bonds. The van der Waals surface area contributed by atoms with Crippen LogP contribution in [0.15, 0.2) is 51.9 Å². The van der Waals surface area contributed by atoms with E-state index >= 15 is 0 Å². The van der Waals surface area contributed by atoms with Crippen LogP contribution in [-0.4, -0.2) is 22.1 Å². The number of benzene rings is 1. The van der Waals surface area contributed by atoms with E-state index in [-0.39, 0.29) is 23.2 Å². The molecule has 0 spiro atoms. The molecule has 0 aliphatic heterocycles. The minimum atomic E-state index is -0.303. The second kappa shape index (κ2) is 6.48. The third-order valence-electron chi connectivity index (χ3n) is 3.69. The van der Waals surface area contributed by atoms with E-state index in [1.165, 1.54) is 0 Å². The molecule has 3 aromatic rings. The first-order chi connectivity index (χ1) is 11.1. The fraction of sp³-hybridized carbons (Fsp3) is 0.235. The van der Waals surface area contributed by atoms with Crippen molar-refractivity contribution in [2.24, 2.45) is 0 Å². The average molecular weight is 311 g/mol. The molecule has 0 aliphatic carbocycles. The van der Waals surface area contributed by atoms with E-state index in [4.69, 9.17) is 4.42 Å². The molecule has 2 heterocycles. The van der Waals surface area contributed by atoms with Gasteiger partial charge in [0.05, 0.1) is 11.6 Å². The van der Waals surface area contributed by atoms with Crippen molar-refractivity contribution in [3.8, 4) is 0 Å². The number of fused-ring (bicyclic) bond motifs is 1. The Balaban J connectivity index is 1.73. The first kappa shape index (κ1) is 15.0. The Morgan fingerprint density at radius 1 is 1.26 bits per heavy atom. The number of aromatic nitrogens is 2. The summed E-state index contributed by atoms with van der Waals surface area (Å²) < 4.78 is 5.28. The van der Waals surface area contributed by atoms with E-state index in [2.05, 4.69) is 15.5 Å². The predicted octanol–water partition coefficient (Wildman–Crippen LogP) is 2.27. The summed E-state index contributed by atoms with van der Waals surface area (Å²) in [6, 6.07) is 10.6. The van der Waals surface area contributed by atoms with E-state index in [1.54, 1.807) is 30.5 Å². The molecular weight excluding hydrogens is 294 g/mol. The van der Waals surface area contributed by atoms with Crippen LogP contribution in [0.4, 0.5) is 0 Å². The molecule has 0 aliphatic rings. The lowest BCUT2D eigenvalue weighted by Crippen LogP contribution is -2.34. The molecule has 3 rings (SSSR count). The zero-order valence-electron chi connectivity index (χ0n) is 12.7. The van der Waals surface area contributed by atoms with E-state index in [1.807, 2.05) is 19.1 Å². The molecule has 2 N–H and O–H groups in total. The van der Waals surface area contributed by atoms with Gasteiger partial charge < -0.3 is 9.73 Å². The van der Waals surface area contributed by atoms with Crippen LogP contribution in [0.3, 0.4) is 0 Å². The fourth-order valence-corrected chi connectivity index (χ4v) is 2.47. The highest BCUT2D eigenvalue weighted by Gasteiger charge is 2.16. The second-order valence-corrected chi connectivity index (χ2v) is 5.44. The number of H-pyrrole nitrogens is 1. The first-order valence-electron chi connectivity index (χ1n) is 7.46. The van der Waals surface area contributed by atoms with Gasteiger partial charge in [0.1, 0.15) is 5.76 Å². The Labute approximate surface area is 132 Å². The third-order valence-corrected chi connectivity index (χ3v) is 3.69. The van der Waals surface area contributed by atoms with Gasteiger partial charge in [0.15, 0.2) is 5.69 Å². The summed E-state index contributed by atoms with van der Waals surface area (Å²) in [4.78, 5) is 24.2. The number of furan rings is 1. The maximum atomic E-state index is 12.4.